The number of aliphatic hydroxyl groups is 1. The lowest BCUT2D eigenvalue weighted by molar-refractivity contribution is -0.384. The number of methoxy groups -OCH3 is 1. The van der Waals surface area contributed by atoms with Gasteiger partial charge in [-0.15, -0.1) is 0 Å². The average molecular weight is 296 g/mol. The number of amides is 1. The summed E-state index contributed by atoms with van der Waals surface area (Å²) in [5, 5.41) is 19.9. The molecule has 1 aromatic carbocycles. The van der Waals surface area contributed by atoms with Gasteiger partial charge in [-0.05, 0) is 6.07 Å². The summed E-state index contributed by atoms with van der Waals surface area (Å²) in [6, 6.07) is 3.88. The smallest absolute Gasteiger partial charge is 0.270 e. The summed E-state index contributed by atoms with van der Waals surface area (Å²) in [7, 11) is 1.40. The van der Waals surface area contributed by atoms with E-state index in [0.29, 0.717) is 13.2 Å². The Bertz CT molecular complexity index is 547. The maximum Gasteiger partial charge on any atom is 0.270 e. The van der Waals surface area contributed by atoms with Gasteiger partial charge in [-0.2, -0.15) is 0 Å². The molecule has 0 aromatic heterocycles. The van der Waals surface area contributed by atoms with Crippen molar-refractivity contribution >= 4 is 11.6 Å². The molecule has 8 nitrogen and oxygen atoms in total. The molecule has 1 N–H and O–H groups in total. The Kier molecular flexibility index (Phi) is 4.71. The Hall–Kier alpha value is -2.19. The lowest BCUT2D eigenvalue weighted by Crippen LogP contribution is -2.47. The summed E-state index contributed by atoms with van der Waals surface area (Å²) in [5.74, 6) is -0.102. The van der Waals surface area contributed by atoms with Gasteiger partial charge in [0.05, 0.1) is 36.9 Å². The van der Waals surface area contributed by atoms with Crippen LogP contribution in [0.25, 0.3) is 0 Å². The van der Waals surface area contributed by atoms with Crippen LogP contribution in [0, 0.1) is 10.1 Å². The number of morpholine rings is 1. The Morgan fingerprint density at radius 2 is 2.38 bits per heavy atom. The normalized spacial score (nSPS) is 18.4. The molecular weight excluding hydrogens is 280 g/mol. The van der Waals surface area contributed by atoms with Crippen LogP contribution in [0.1, 0.15) is 10.4 Å². The molecule has 0 aliphatic carbocycles. The van der Waals surface area contributed by atoms with E-state index in [2.05, 4.69) is 0 Å². The Labute approximate surface area is 121 Å². The fourth-order valence-electron chi connectivity index (χ4n) is 2.16. The minimum atomic E-state index is -0.563. The summed E-state index contributed by atoms with van der Waals surface area (Å²) in [5.41, 5.74) is -0.0450. The van der Waals surface area contributed by atoms with Crippen molar-refractivity contribution in [2.24, 2.45) is 0 Å². The zero-order valence-corrected chi connectivity index (χ0v) is 11.5. The van der Waals surface area contributed by atoms with E-state index < -0.39 is 11.0 Å². The second-order valence-corrected chi connectivity index (χ2v) is 4.57. The van der Waals surface area contributed by atoms with E-state index in [1.54, 1.807) is 0 Å². The predicted molar refractivity (Wildman–Crippen MR) is 72.4 cm³/mol. The standard InChI is InChI=1S/C13H16N2O6/c1-20-12-3-2-9(15(18)19)6-11(12)13(17)14-4-5-21-10(7-14)8-16/h2-3,6,10,16H,4-5,7-8H2,1H3. The molecule has 1 fully saturated rings. The van der Waals surface area contributed by atoms with E-state index in [1.165, 1.54) is 30.2 Å². The number of ether oxygens (including phenoxy) is 2. The summed E-state index contributed by atoms with van der Waals surface area (Å²) in [6.45, 7) is 0.729. The molecular formula is C13H16N2O6. The fourth-order valence-corrected chi connectivity index (χ4v) is 2.16. The van der Waals surface area contributed by atoms with E-state index >= 15 is 0 Å². The quantitative estimate of drug-likeness (QED) is 0.639. The second-order valence-electron chi connectivity index (χ2n) is 4.57. The van der Waals surface area contributed by atoms with Crippen LogP contribution in [0.15, 0.2) is 18.2 Å². The molecule has 1 aromatic rings. The first-order chi connectivity index (χ1) is 10.1. The highest BCUT2D eigenvalue weighted by Gasteiger charge is 2.27. The van der Waals surface area contributed by atoms with Crippen molar-refractivity contribution in [1.82, 2.24) is 4.90 Å². The maximum absolute atomic E-state index is 12.5. The molecule has 0 bridgehead atoms. The molecule has 1 aliphatic heterocycles. The highest BCUT2D eigenvalue weighted by molar-refractivity contribution is 5.97. The molecule has 1 atom stereocenters. The number of rotatable bonds is 4. The van der Waals surface area contributed by atoms with Crippen LogP contribution in [0.2, 0.25) is 0 Å². The van der Waals surface area contributed by atoms with E-state index in [1.807, 2.05) is 0 Å². The highest BCUT2D eigenvalue weighted by Crippen LogP contribution is 2.26. The third-order valence-electron chi connectivity index (χ3n) is 3.25. The molecule has 1 amide bonds. The Balaban J connectivity index is 2.28. The maximum atomic E-state index is 12.5. The zero-order chi connectivity index (χ0) is 15.4. The molecule has 0 saturated carbocycles. The van der Waals surface area contributed by atoms with Gasteiger partial charge in [0.1, 0.15) is 5.75 Å². The average Bonchev–Trinajstić information content (AvgIpc) is 2.53. The summed E-state index contributed by atoms with van der Waals surface area (Å²) in [6.07, 6.45) is -0.438. The van der Waals surface area contributed by atoms with Gasteiger partial charge in [-0.3, -0.25) is 14.9 Å². The first-order valence-corrected chi connectivity index (χ1v) is 6.41. The molecule has 1 saturated heterocycles. The van der Waals surface area contributed by atoms with Crippen LogP contribution in [-0.2, 0) is 4.74 Å². The predicted octanol–water partition coefficient (Wildman–Crippen LogP) is 0.437. The molecule has 1 unspecified atom stereocenters. The third kappa shape index (κ3) is 3.29. The molecule has 114 valence electrons. The molecule has 1 aliphatic rings. The van der Waals surface area contributed by atoms with Crippen molar-refractivity contribution in [3.63, 3.8) is 0 Å². The number of benzene rings is 1. The molecule has 2 rings (SSSR count). The minimum absolute atomic E-state index is 0.130. The SMILES string of the molecule is COc1ccc([N+](=O)[O-])cc1C(=O)N1CCOC(CO)C1. The summed E-state index contributed by atoms with van der Waals surface area (Å²) < 4.78 is 10.4. The zero-order valence-electron chi connectivity index (χ0n) is 11.5. The monoisotopic (exact) mass is 296 g/mol. The number of non-ortho nitro benzene ring substituents is 1. The van der Waals surface area contributed by atoms with Gasteiger partial charge in [0.25, 0.3) is 11.6 Å². The molecule has 8 heteroatoms. The van der Waals surface area contributed by atoms with Crippen molar-refractivity contribution in [3.8, 4) is 5.75 Å². The number of nitrogens with zero attached hydrogens (tertiary/aromatic N) is 2. The van der Waals surface area contributed by atoms with Crippen molar-refractivity contribution in [2.75, 3.05) is 33.4 Å². The van der Waals surface area contributed by atoms with Crippen LogP contribution in [0.5, 0.6) is 5.75 Å². The lowest BCUT2D eigenvalue weighted by atomic mass is 10.1. The van der Waals surface area contributed by atoms with Crippen molar-refractivity contribution in [1.29, 1.82) is 0 Å². The molecule has 21 heavy (non-hydrogen) atoms. The Morgan fingerprint density at radius 3 is 3.00 bits per heavy atom. The van der Waals surface area contributed by atoms with Gasteiger partial charge >= 0.3 is 0 Å². The van der Waals surface area contributed by atoms with Crippen molar-refractivity contribution in [2.45, 2.75) is 6.10 Å². The van der Waals surface area contributed by atoms with Gasteiger partial charge in [-0.1, -0.05) is 0 Å². The van der Waals surface area contributed by atoms with E-state index in [9.17, 15) is 14.9 Å². The molecule has 1 heterocycles. The van der Waals surface area contributed by atoms with Crippen LogP contribution in [0.3, 0.4) is 0 Å². The number of nitro groups is 1. The van der Waals surface area contributed by atoms with Crippen LogP contribution in [0.4, 0.5) is 5.69 Å². The first kappa shape index (κ1) is 15.2. The number of aliphatic hydroxyl groups excluding tert-OH is 1. The van der Waals surface area contributed by atoms with Gasteiger partial charge < -0.3 is 19.5 Å². The van der Waals surface area contributed by atoms with Gasteiger partial charge in [0.2, 0.25) is 0 Å². The highest BCUT2D eigenvalue weighted by atomic mass is 16.6. The van der Waals surface area contributed by atoms with Gasteiger partial charge in [-0.25, -0.2) is 0 Å². The Morgan fingerprint density at radius 1 is 1.62 bits per heavy atom. The fraction of sp³-hybridized carbons (Fsp3) is 0.462. The number of nitro benzene ring substituents is 1. The lowest BCUT2D eigenvalue weighted by Gasteiger charge is -2.32. The van der Waals surface area contributed by atoms with Crippen molar-refractivity contribution in [3.05, 3.63) is 33.9 Å². The number of carbonyl (C=O) groups excluding carboxylic acids is 1. The summed E-state index contributed by atoms with van der Waals surface area (Å²) in [4.78, 5) is 24.3. The third-order valence-corrected chi connectivity index (χ3v) is 3.25. The van der Waals surface area contributed by atoms with Gasteiger partial charge in [0.15, 0.2) is 0 Å². The molecule has 0 spiro atoms. The van der Waals surface area contributed by atoms with Crippen LogP contribution >= 0.6 is 0 Å². The second kappa shape index (κ2) is 6.51. The molecule has 0 radical (unpaired) electrons. The minimum Gasteiger partial charge on any atom is -0.496 e. The van der Waals surface area contributed by atoms with E-state index in [-0.39, 0.29) is 36.1 Å². The van der Waals surface area contributed by atoms with Crippen LogP contribution < -0.4 is 4.74 Å². The van der Waals surface area contributed by atoms with Crippen molar-refractivity contribution < 1.29 is 24.3 Å². The van der Waals surface area contributed by atoms with Gasteiger partial charge in [0, 0.05) is 25.2 Å². The summed E-state index contributed by atoms with van der Waals surface area (Å²) >= 11 is 0. The topological polar surface area (TPSA) is 102 Å². The number of carbonyl (C=O) groups is 1. The largest absolute Gasteiger partial charge is 0.496 e. The number of hydrogen-bond donors (Lipinski definition) is 1. The first-order valence-electron chi connectivity index (χ1n) is 6.41. The van der Waals surface area contributed by atoms with E-state index in [4.69, 9.17) is 14.6 Å². The number of hydrogen-bond acceptors (Lipinski definition) is 6. The van der Waals surface area contributed by atoms with Crippen LogP contribution in [-0.4, -0.2) is 60.4 Å². The van der Waals surface area contributed by atoms with E-state index in [0.717, 1.165) is 0 Å².